The fraction of sp³-hybridized carbons (Fsp3) is 0.833. The zero-order chi connectivity index (χ0) is 12.7. The van der Waals surface area contributed by atoms with Crippen LogP contribution in [0.2, 0.25) is 0 Å². The number of hydrogen-bond acceptors (Lipinski definition) is 3. The topological polar surface area (TPSA) is 52.7 Å². The molecule has 0 aromatic heterocycles. The molecule has 2 amide bonds. The summed E-state index contributed by atoms with van der Waals surface area (Å²) in [5, 5.41) is 3.00. The van der Waals surface area contributed by atoms with Crippen molar-refractivity contribution >= 4 is 24.2 Å². The average Bonchev–Trinajstić information content (AvgIpc) is 2.52. The van der Waals surface area contributed by atoms with E-state index >= 15 is 0 Å². The number of likely N-dealkylation sites (N-methyl/N-ethyl adjacent to an activating group) is 2. The predicted octanol–water partition coefficient (Wildman–Crippen LogP) is 0.489. The quantitative estimate of drug-likeness (QED) is 0.796. The smallest absolute Gasteiger partial charge is 0.241 e. The Hall–Kier alpha value is -0.810. The number of hydrogen-bond donors (Lipinski definition) is 1. The van der Waals surface area contributed by atoms with E-state index < -0.39 is 0 Å². The molecule has 1 rings (SSSR count). The molecule has 1 heterocycles. The Balaban J connectivity index is 0.00000289. The van der Waals surface area contributed by atoms with Crippen molar-refractivity contribution < 1.29 is 9.59 Å². The highest BCUT2D eigenvalue weighted by Crippen LogP contribution is 2.10. The van der Waals surface area contributed by atoms with Gasteiger partial charge in [0.25, 0.3) is 0 Å². The lowest BCUT2D eigenvalue weighted by molar-refractivity contribution is -0.139. The van der Waals surface area contributed by atoms with Gasteiger partial charge in [0.05, 0.1) is 6.54 Å². The number of carbonyl (C=O) groups excluding carboxylic acids is 2. The van der Waals surface area contributed by atoms with Crippen LogP contribution in [-0.2, 0) is 9.59 Å². The van der Waals surface area contributed by atoms with Crippen molar-refractivity contribution in [1.82, 2.24) is 15.1 Å². The van der Waals surface area contributed by atoms with Crippen LogP contribution >= 0.6 is 12.4 Å². The van der Waals surface area contributed by atoms with Crippen LogP contribution < -0.4 is 5.32 Å². The van der Waals surface area contributed by atoms with Crippen molar-refractivity contribution in [3.63, 3.8) is 0 Å². The molecule has 0 radical (unpaired) electrons. The second-order valence-corrected chi connectivity index (χ2v) is 4.54. The summed E-state index contributed by atoms with van der Waals surface area (Å²) in [5.41, 5.74) is 0. The summed E-state index contributed by atoms with van der Waals surface area (Å²) >= 11 is 0. The monoisotopic (exact) mass is 277 g/mol. The molecule has 1 saturated heterocycles. The van der Waals surface area contributed by atoms with E-state index in [1.165, 1.54) is 0 Å². The lowest BCUT2D eigenvalue weighted by atomic mass is 10.2. The molecule has 1 aliphatic rings. The Morgan fingerprint density at radius 3 is 2.78 bits per heavy atom. The third-order valence-corrected chi connectivity index (χ3v) is 3.12. The van der Waals surface area contributed by atoms with Crippen LogP contribution in [0.25, 0.3) is 0 Å². The van der Waals surface area contributed by atoms with Crippen molar-refractivity contribution in [1.29, 1.82) is 0 Å². The minimum Gasteiger partial charge on any atom is -0.343 e. The van der Waals surface area contributed by atoms with Crippen molar-refractivity contribution in [2.45, 2.75) is 25.7 Å². The van der Waals surface area contributed by atoms with Crippen LogP contribution in [0.4, 0.5) is 0 Å². The van der Waals surface area contributed by atoms with Gasteiger partial charge in [0.15, 0.2) is 0 Å². The van der Waals surface area contributed by atoms with E-state index in [0.717, 1.165) is 32.4 Å². The van der Waals surface area contributed by atoms with Crippen LogP contribution in [-0.4, -0.2) is 61.9 Å². The molecule has 6 heteroatoms. The second kappa shape index (κ2) is 9.16. The zero-order valence-corrected chi connectivity index (χ0v) is 12.1. The normalized spacial score (nSPS) is 15.9. The molecule has 5 nitrogen and oxygen atoms in total. The van der Waals surface area contributed by atoms with Gasteiger partial charge in [-0.3, -0.25) is 9.59 Å². The van der Waals surface area contributed by atoms with E-state index in [2.05, 4.69) is 5.32 Å². The summed E-state index contributed by atoms with van der Waals surface area (Å²) in [7, 11) is 3.64. The maximum Gasteiger partial charge on any atom is 0.241 e. The molecule has 0 aromatic carbocycles. The highest BCUT2D eigenvalue weighted by atomic mass is 35.5. The number of likely N-dealkylation sites (tertiary alicyclic amines) is 1. The minimum atomic E-state index is 0. The summed E-state index contributed by atoms with van der Waals surface area (Å²) in [6.07, 6.45) is 3.65. The van der Waals surface area contributed by atoms with Gasteiger partial charge in [-0.25, -0.2) is 0 Å². The second-order valence-electron chi connectivity index (χ2n) is 4.54. The number of amides is 2. The van der Waals surface area contributed by atoms with Crippen molar-refractivity contribution in [3.8, 4) is 0 Å². The van der Waals surface area contributed by atoms with Gasteiger partial charge in [0, 0.05) is 33.1 Å². The summed E-state index contributed by atoms with van der Waals surface area (Å²) in [5.74, 6) is 0.147. The standard InChI is InChI=1S/C12H23N3O2.ClH/c1-13-7-9-14(2)12(17)10-15-8-5-3-4-6-11(15)16;/h13H,3-10H2,1-2H3;1H. The highest BCUT2D eigenvalue weighted by Gasteiger charge is 2.20. The summed E-state index contributed by atoms with van der Waals surface area (Å²) in [6.45, 7) is 2.41. The molecular formula is C12H24ClN3O2. The first-order chi connectivity index (χ1) is 8.15. The number of nitrogens with one attached hydrogen (secondary N) is 1. The lowest BCUT2D eigenvalue weighted by Crippen LogP contribution is -2.42. The van der Waals surface area contributed by atoms with Crippen LogP contribution in [0, 0.1) is 0 Å². The van der Waals surface area contributed by atoms with Gasteiger partial charge in [-0.1, -0.05) is 6.42 Å². The summed E-state index contributed by atoms with van der Waals surface area (Å²) < 4.78 is 0. The van der Waals surface area contributed by atoms with Crippen LogP contribution in [0.5, 0.6) is 0 Å². The Bertz CT molecular complexity index is 274. The third-order valence-electron chi connectivity index (χ3n) is 3.12. The highest BCUT2D eigenvalue weighted by molar-refractivity contribution is 5.85. The number of carbonyl (C=O) groups is 2. The van der Waals surface area contributed by atoms with E-state index in [1.807, 2.05) is 7.05 Å². The van der Waals surface area contributed by atoms with Crippen molar-refractivity contribution in [2.24, 2.45) is 0 Å². The molecule has 1 aliphatic heterocycles. The SMILES string of the molecule is CNCCN(C)C(=O)CN1CCCCCC1=O.Cl. The van der Waals surface area contributed by atoms with Crippen molar-refractivity contribution in [2.75, 3.05) is 40.3 Å². The van der Waals surface area contributed by atoms with E-state index in [9.17, 15) is 9.59 Å². The maximum atomic E-state index is 11.9. The van der Waals surface area contributed by atoms with Crippen molar-refractivity contribution in [3.05, 3.63) is 0 Å². The number of halogens is 1. The molecule has 0 atom stereocenters. The molecule has 0 saturated carbocycles. The molecule has 0 aromatic rings. The predicted molar refractivity (Wildman–Crippen MR) is 73.9 cm³/mol. The molecular weight excluding hydrogens is 254 g/mol. The Kier molecular flexibility index (Phi) is 8.75. The minimum absolute atomic E-state index is 0. The molecule has 1 fully saturated rings. The Labute approximate surface area is 115 Å². The molecule has 0 bridgehead atoms. The van der Waals surface area contributed by atoms with Gasteiger partial charge < -0.3 is 15.1 Å². The maximum absolute atomic E-state index is 11.9. The van der Waals surface area contributed by atoms with Crippen LogP contribution in [0.15, 0.2) is 0 Å². The largest absolute Gasteiger partial charge is 0.343 e. The fourth-order valence-corrected chi connectivity index (χ4v) is 1.89. The van der Waals surface area contributed by atoms with E-state index in [-0.39, 0.29) is 30.8 Å². The summed E-state index contributed by atoms with van der Waals surface area (Å²) in [4.78, 5) is 27.0. The molecule has 18 heavy (non-hydrogen) atoms. The number of nitrogens with zero attached hydrogens (tertiary/aromatic N) is 2. The molecule has 0 aliphatic carbocycles. The average molecular weight is 278 g/mol. The van der Waals surface area contributed by atoms with Gasteiger partial charge in [0.1, 0.15) is 0 Å². The van der Waals surface area contributed by atoms with Gasteiger partial charge in [0.2, 0.25) is 11.8 Å². The van der Waals surface area contributed by atoms with Gasteiger partial charge in [-0.15, -0.1) is 12.4 Å². The van der Waals surface area contributed by atoms with Gasteiger partial charge in [-0.05, 0) is 19.9 Å². The zero-order valence-electron chi connectivity index (χ0n) is 11.3. The molecule has 106 valence electrons. The Morgan fingerprint density at radius 1 is 1.39 bits per heavy atom. The van der Waals surface area contributed by atoms with E-state index in [4.69, 9.17) is 0 Å². The van der Waals surface area contributed by atoms with E-state index in [0.29, 0.717) is 13.0 Å². The third kappa shape index (κ3) is 5.69. The first-order valence-corrected chi connectivity index (χ1v) is 6.31. The lowest BCUT2D eigenvalue weighted by Gasteiger charge is -2.24. The summed E-state index contributed by atoms with van der Waals surface area (Å²) in [6, 6.07) is 0. The first kappa shape index (κ1) is 17.2. The molecule has 1 N–H and O–H groups in total. The van der Waals surface area contributed by atoms with Gasteiger partial charge >= 0.3 is 0 Å². The Morgan fingerprint density at radius 2 is 2.11 bits per heavy atom. The molecule has 0 spiro atoms. The molecule has 0 unspecified atom stereocenters. The fourth-order valence-electron chi connectivity index (χ4n) is 1.89. The van der Waals surface area contributed by atoms with Crippen LogP contribution in [0.3, 0.4) is 0 Å². The van der Waals surface area contributed by atoms with Crippen LogP contribution in [0.1, 0.15) is 25.7 Å². The first-order valence-electron chi connectivity index (χ1n) is 6.31. The van der Waals surface area contributed by atoms with Gasteiger partial charge in [-0.2, -0.15) is 0 Å². The van der Waals surface area contributed by atoms with E-state index in [1.54, 1.807) is 16.8 Å². The number of rotatable bonds is 5.